The third-order valence-electron chi connectivity index (χ3n) is 2.90. The molecule has 0 atom stereocenters. The van der Waals surface area contributed by atoms with Crippen LogP contribution in [0.2, 0.25) is 0 Å². The molecule has 0 bridgehead atoms. The first kappa shape index (κ1) is 10.8. The summed E-state index contributed by atoms with van der Waals surface area (Å²) in [5.41, 5.74) is 3.29. The van der Waals surface area contributed by atoms with E-state index in [-0.39, 0.29) is 0 Å². The second-order valence-electron chi connectivity index (χ2n) is 4.27. The smallest absolute Gasteiger partial charge is 0.236 e. The Kier molecular flexibility index (Phi) is 2.48. The first-order valence-corrected chi connectivity index (χ1v) is 5.87. The number of imidazole rings is 1. The molecule has 0 saturated heterocycles. The van der Waals surface area contributed by atoms with Gasteiger partial charge in [0.25, 0.3) is 0 Å². The van der Waals surface area contributed by atoms with E-state index < -0.39 is 0 Å². The Bertz CT molecular complexity index is 700. The van der Waals surface area contributed by atoms with E-state index in [1.165, 1.54) is 5.56 Å². The molecule has 0 saturated carbocycles. The Morgan fingerprint density at radius 3 is 2.83 bits per heavy atom. The molecule has 2 aromatic heterocycles. The molecule has 0 aliphatic carbocycles. The topological polar surface area (TPSA) is 42.2 Å². The highest BCUT2D eigenvalue weighted by Gasteiger charge is 2.05. The largest absolute Gasteiger partial charge is 0.373 e. The number of fused-ring (bicyclic) bond motifs is 1. The minimum Gasteiger partial charge on any atom is -0.373 e. The molecule has 0 fully saturated rings. The van der Waals surface area contributed by atoms with Crippen LogP contribution in [0, 0.1) is 6.92 Å². The van der Waals surface area contributed by atoms with Crippen molar-refractivity contribution in [1.82, 2.24) is 14.4 Å². The maximum absolute atomic E-state index is 4.54. The molecule has 0 spiro atoms. The van der Waals surface area contributed by atoms with E-state index >= 15 is 0 Å². The van der Waals surface area contributed by atoms with Crippen LogP contribution in [-0.2, 0) is 0 Å². The summed E-state index contributed by atoms with van der Waals surface area (Å²) in [4.78, 5) is 8.95. The SMILES string of the molecule is CNc1ccn2cc(-c3cccc(C)c3)nc2n1. The van der Waals surface area contributed by atoms with E-state index in [2.05, 4.69) is 40.4 Å². The maximum atomic E-state index is 4.54. The highest BCUT2D eigenvalue weighted by molar-refractivity contribution is 5.62. The van der Waals surface area contributed by atoms with Gasteiger partial charge in [0.05, 0.1) is 5.69 Å². The molecule has 3 aromatic rings. The summed E-state index contributed by atoms with van der Waals surface area (Å²) in [5.74, 6) is 1.53. The highest BCUT2D eigenvalue weighted by Crippen LogP contribution is 2.20. The van der Waals surface area contributed by atoms with Crippen LogP contribution >= 0.6 is 0 Å². The van der Waals surface area contributed by atoms with Gasteiger partial charge in [-0.05, 0) is 19.1 Å². The van der Waals surface area contributed by atoms with E-state index in [1.807, 2.05) is 36.0 Å². The molecule has 2 heterocycles. The summed E-state index contributed by atoms with van der Waals surface area (Å²) in [6, 6.07) is 10.2. The Balaban J connectivity index is 2.13. The lowest BCUT2D eigenvalue weighted by Crippen LogP contribution is -1.94. The lowest BCUT2D eigenvalue weighted by atomic mass is 10.1. The summed E-state index contributed by atoms with van der Waals surface area (Å²) in [5, 5.41) is 3.01. The van der Waals surface area contributed by atoms with Crippen molar-refractivity contribution in [3.05, 3.63) is 48.3 Å². The van der Waals surface area contributed by atoms with E-state index in [1.54, 1.807) is 0 Å². The standard InChI is InChI=1S/C14H14N4/c1-10-4-3-5-11(8-10)12-9-18-7-6-13(15-2)17-14(18)16-12/h3-9H,1-2H3,(H,15,16,17). The van der Waals surface area contributed by atoms with Crippen molar-refractivity contribution in [2.75, 3.05) is 12.4 Å². The lowest BCUT2D eigenvalue weighted by molar-refractivity contribution is 1.11. The van der Waals surface area contributed by atoms with Gasteiger partial charge >= 0.3 is 0 Å². The van der Waals surface area contributed by atoms with Gasteiger partial charge in [0.15, 0.2) is 0 Å². The van der Waals surface area contributed by atoms with Crippen LogP contribution in [0.5, 0.6) is 0 Å². The average Bonchev–Trinajstić information content (AvgIpc) is 2.81. The molecule has 0 radical (unpaired) electrons. The second kappa shape index (κ2) is 4.14. The van der Waals surface area contributed by atoms with Crippen molar-refractivity contribution >= 4 is 11.6 Å². The van der Waals surface area contributed by atoms with E-state index in [0.717, 1.165) is 17.1 Å². The zero-order chi connectivity index (χ0) is 12.5. The van der Waals surface area contributed by atoms with Gasteiger partial charge in [-0.2, -0.15) is 4.98 Å². The third kappa shape index (κ3) is 1.82. The average molecular weight is 238 g/mol. The number of nitrogens with one attached hydrogen (secondary N) is 1. The molecule has 0 unspecified atom stereocenters. The molecule has 1 aromatic carbocycles. The molecule has 0 aliphatic heterocycles. The van der Waals surface area contributed by atoms with Gasteiger partial charge < -0.3 is 5.32 Å². The van der Waals surface area contributed by atoms with Crippen molar-refractivity contribution in [3.63, 3.8) is 0 Å². The molecule has 4 nitrogen and oxygen atoms in total. The molecule has 4 heteroatoms. The van der Waals surface area contributed by atoms with Crippen molar-refractivity contribution in [2.24, 2.45) is 0 Å². The van der Waals surface area contributed by atoms with Crippen LogP contribution < -0.4 is 5.32 Å². The molecule has 1 N–H and O–H groups in total. The summed E-state index contributed by atoms with van der Waals surface area (Å²) in [6.45, 7) is 2.08. The van der Waals surface area contributed by atoms with Gasteiger partial charge in [0.2, 0.25) is 5.78 Å². The maximum Gasteiger partial charge on any atom is 0.236 e. The van der Waals surface area contributed by atoms with Crippen LogP contribution in [0.15, 0.2) is 42.7 Å². The predicted molar refractivity (Wildman–Crippen MR) is 72.7 cm³/mol. The number of anilines is 1. The van der Waals surface area contributed by atoms with Crippen LogP contribution in [-0.4, -0.2) is 21.4 Å². The Hall–Kier alpha value is -2.36. The first-order valence-electron chi connectivity index (χ1n) is 5.87. The fourth-order valence-corrected chi connectivity index (χ4v) is 1.95. The molecule has 3 rings (SSSR count). The van der Waals surface area contributed by atoms with Gasteiger partial charge in [-0.1, -0.05) is 23.8 Å². The summed E-state index contributed by atoms with van der Waals surface area (Å²) in [6.07, 6.45) is 3.96. The number of benzene rings is 1. The molecule has 0 amide bonds. The Labute approximate surface area is 105 Å². The highest BCUT2D eigenvalue weighted by atomic mass is 15.1. The lowest BCUT2D eigenvalue weighted by Gasteiger charge is -1.97. The number of hydrogen-bond acceptors (Lipinski definition) is 3. The first-order chi connectivity index (χ1) is 8.76. The van der Waals surface area contributed by atoms with Crippen LogP contribution in [0.1, 0.15) is 5.56 Å². The van der Waals surface area contributed by atoms with Gasteiger partial charge in [-0.15, -0.1) is 0 Å². The Morgan fingerprint density at radius 2 is 2.06 bits per heavy atom. The molecular formula is C14H14N4. The van der Waals surface area contributed by atoms with Gasteiger partial charge in [-0.25, -0.2) is 4.98 Å². The predicted octanol–water partition coefficient (Wildman–Crippen LogP) is 2.75. The molecule has 18 heavy (non-hydrogen) atoms. The van der Waals surface area contributed by atoms with Crippen LogP contribution in [0.4, 0.5) is 5.82 Å². The third-order valence-corrected chi connectivity index (χ3v) is 2.90. The van der Waals surface area contributed by atoms with E-state index in [0.29, 0.717) is 5.78 Å². The number of aryl methyl sites for hydroxylation is 1. The fourth-order valence-electron chi connectivity index (χ4n) is 1.95. The van der Waals surface area contributed by atoms with Crippen LogP contribution in [0.3, 0.4) is 0 Å². The van der Waals surface area contributed by atoms with Crippen molar-refractivity contribution in [2.45, 2.75) is 6.92 Å². The quantitative estimate of drug-likeness (QED) is 0.746. The van der Waals surface area contributed by atoms with E-state index in [9.17, 15) is 0 Å². The van der Waals surface area contributed by atoms with Crippen molar-refractivity contribution < 1.29 is 0 Å². The van der Waals surface area contributed by atoms with Gasteiger partial charge in [0, 0.05) is 25.0 Å². The zero-order valence-corrected chi connectivity index (χ0v) is 10.4. The van der Waals surface area contributed by atoms with Crippen molar-refractivity contribution in [3.8, 4) is 11.3 Å². The monoisotopic (exact) mass is 238 g/mol. The Morgan fingerprint density at radius 1 is 1.17 bits per heavy atom. The normalized spacial score (nSPS) is 10.8. The number of aromatic nitrogens is 3. The van der Waals surface area contributed by atoms with Gasteiger partial charge in [-0.3, -0.25) is 4.40 Å². The fraction of sp³-hybridized carbons (Fsp3) is 0.143. The molecule has 90 valence electrons. The second-order valence-corrected chi connectivity index (χ2v) is 4.27. The van der Waals surface area contributed by atoms with Crippen LogP contribution in [0.25, 0.3) is 17.0 Å². The minimum atomic E-state index is 0.707. The summed E-state index contributed by atoms with van der Waals surface area (Å²) < 4.78 is 1.93. The number of hydrogen-bond donors (Lipinski definition) is 1. The molecular weight excluding hydrogens is 224 g/mol. The number of nitrogens with zero attached hydrogens (tertiary/aromatic N) is 3. The van der Waals surface area contributed by atoms with Crippen molar-refractivity contribution in [1.29, 1.82) is 0 Å². The van der Waals surface area contributed by atoms with E-state index in [4.69, 9.17) is 0 Å². The summed E-state index contributed by atoms with van der Waals surface area (Å²) in [7, 11) is 1.85. The van der Waals surface area contributed by atoms with Gasteiger partial charge in [0.1, 0.15) is 5.82 Å². The molecule has 0 aliphatic rings. The minimum absolute atomic E-state index is 0.707. The summed E-state index contributed by atoms with van der Waals surface area (Å²) >= 11 is 0. The number of rotatable bonds is 2. The zero-order valence-electron chi connectivity index (χ0n) is 10.4.